The molecule has 0 fully saturated rings. The van der Waals surface area contributed by atoms with Crippen LogP contribution in [0.4, 0.5) is 5.82 Å². The molecular weight excluding hydrogens is 242 g/mol. The smallest absolute Gasteiger partial charge is 0.174 e. The number of nitrogens with one attached hydrogen (secondary N) is 1. The largest absolute Gasteiger partial charge is 0.370 e. The van der Waals surface area contributed by atoms with E-state index >= 15 is 0 Å². The summed E-state index contributed by atoms with van der Waals surface area (Å²) in [7, 11) is 0. The normalized spacial score (nSPS) is 14.7. The lowest BCUT2D eigenvalue weighted by Gasteiger charge is -2.11. The molecule has 1 aliphatic rings. The summed E-state index contributed by atoms with van der Waals surface area (Å²) in [4.78, 5) is 4.77. The number of aryl methyl sites for hydroxylation is 1. The van der Waals surface area contributed by atoms with Gasteiger partial charge in [0.1, 0.15) is 5.82 Å². The number of fused-ring (bicyclic) bond motifs is 1. The summed E-state index contributed by atoms with van der Waals surface area (Å²) in [5.41, 5.74) is 2.39. The van der Waals surface area contributed by atoms with Crippen molar-refractivity contribution in [3.8, 4) is 5.69 Å². The summed E-state index contributed by atoms with van der Waals surface area (Å²) in [5, 5.41) is 4.60. The lowest BCUT2D eigenvalue weighted by Crippen LogP contribution is -2.06. The van der Waals surface area contributed by atoms with Gasteiger partial charge in [-0.05, 0) is 37.7 Å². The molecule has 4 heteroatoms. The maximum Gasteiger partial charge on any atom is 0.174 e. The Morgan fingerprint density at radius 2 is 2.06 bits per heavy atom. The molecule has 0 saturated carbocycles. The Hall–Kier alpha value is -1.42. The Bertz CT molecular complexity index is 533. The number of hydrogen-bond donors (Lipinski definition) is 1. The van der Waals surface area contributed by atoms with E-state index in [0.717, 1.165) is 18.1 Å². The first-order valence-electron chi connectivity index (χ1n) is 6.35. The van der Waals surface area contributed by atoms with Gasteiger partial charge in [-0.3, -0.25) is 4.57 Å². The van der Waals surface area contributed by atoms with Crippen molar-refractivity contribution in [2.24, 2.45) is 0 Å². The predicted octanol–water partition coefficient (Wildman–Crippen LogP) is 3.34. The van der Waals surface area contributed by atoms with Gasteiger partial charge in [0.05, 0.1) is 5.69 Å². The fraction of sp³-hybridized carbons (Fsp3) is 0.357. The molecule has 0 amide bonds. The fourth-order valence-electron chi connectivity index (χ4n) is 2.38. The second-order valence-electron chi connectivity index (χ2n) is 4.45. The summed E-state index contributed by atoms with van der Waals surface area (Å²) in [5.74, 6) is 1.18. The predicted molar refractivity (Wildman–Crippen MR) is 76.8 cm³/mol. The van der Waals surface area contributed by atoms with Crippen LogP contribution in [0.1, 0.15) is 18.5 Å². The maximum absolute atomic E-state index is 4.77. The van der Waals surface area contributed by atoms with Crippen molar-refractivity contribution in [2.45, 2.75) is 24.4 Å². The first-order valence-corrected chi connectivity index (χ1v) is 7.57. The van der Waals surface area contributed by atoms with Crippen molar-refractivity contribution >= 4 is 17.6 Å². The zero-order valence-corrected chi connectivity index (χ0v) is 11.3. The standard InChI is InChI=1S/C14H17N3S/c1-18-14-16-12-9-5-6-10-15-13(12)17(14)11-7-3-2-4-8-11/h2-4,7-8,15H,5-6,9-10H2,1H3. The Morgan fingerprint density at radius 1 is 1.22 bits per heavy atom. The van der Waals surface area contributed by atoms with Crippen LogP contribution in [0.3, 0.4) is 0 Å². The SMILES string of the molecule is CSc1nc2c(n1-c1ccccc1)NCCCC2. The average Bonchev–Trinajstić information content (AvgIpc) is 2.62. The number of aromatic nitrogens is 2. The zero-order valence-electron chi connectivity index (χ0n) is 10.5. The third-order valence-corrected chi connectivity index (χ3v) is 3.89. The molecule has 2 heterocycles. The minimum Gasteiger partial charge on any atom is -0.370 e. The number of hydrogen-bond acceptors (Lipinski definition) is 3. The van der Waals surface area contributed by atoms with Crippen molar-refractivity contribution in [3.63, 3.8) is 0 Å². The highest BCUT2D eigenvalue weighted by Crippen LogP contribution is 2.30. The molecule has 1 aliphatic heterocycles. The number of imidazole rings is 1. The third kappa shape index (κ3) is 2.01. The molecule has 0 bridgehead atoms. The molecule has 94 valence electrons. The summed E-state index contributed by atoms with van der Waals surface area (Å²) in [6.45, 7) is 1.04. The molecule has 2 aromatic rings. The van der Waals surface area contributed by atoms with Crippen LogP contribution in [0.15, 0.2) is 35.5 Å². The summed E-state index contributed by atoms with van der Waals surface area (Å²) >= 11 is 1.70. The van der Waals surface area contributed by atoms with Gasteiger partial charge in [-0.2, -0.15) is 0 Å². The fourth-order valence-corrected chi connectivity index (χ4v) is 2.96. The van der Waals surface area contributed by atoms with E-state index in [0.29, 0.717) is 0 Å². The van der Waals surface area contributed by atoms with Gasteiger partial charge in [0.2, 0.25) is 0 Å². The minimum absolute atomic E-state index is 1.04. The van der Waals surface area contributed by atoms with Crippen LogP contribution in [-0.4, -0.2) is 22.4 Å². The Balaban J connectivity index is 2.15. The zero-order chi connectivity index (χ0) is 12.4. The average molecular weight is 259 g/mol. The molecule has 1 aromatic carbocycles. The summed E-state index contributed by atoms with van der Waals surface area (Å²) < 4.78 is 2.24. The van der Waals surface area contributed by atoms with Crippen molar-refractivity contribution in [2.75, 3.05) is 18.1 Å². The number of thioether (sulfide) groups is 1. The highest BCUT2D eigenvalue weighted by Gasteiger charge is 2.19. The molecule has 0 radical (unpaired) electrons. The first-order chi connectivity index (χ1) is 8.90. The quantitative estimate of drug-likeness (QED) is 0.839. The van der Waals surface area contributed by atoms with E-state index in [1.165, 1.54) is 30.0 Å². The van der Waals surface area contributed by atoms with E-state index in [1.807, 2.05) is 6.07 Å². The molecule has 0 spiro atoms. The van der Waals surface area contributed by atoms with Gasteiger partial charge in [-0.25, -0.2) is 4.98 Å². The molecule has 0 unspecified atom stereocenters. The van der Waals surface area contributed by atoms with Gasteiger partial charge in [0.15, 0.2) is 5.16 Å². The molecule has 3 nitrogen and oxygen atoms in total. The van der Waals surface area contributed by atoms with Gasteiger partial charge in [-0.15, -0.1) is 0 Å². The van der Waals surface area contributed by atoms with E-state index in [2.05, 4.69) is 40.4 Å². The Labute approximate surface area is 112 Å². The Kier molecular flexibility index (Phi) is 3.28. The summed E-state index contributed by atoms with van der Waals surface area (Å²) in [6.07, 6.45) is 5.61. The van der Waals surface area contributed by atoms with Gasteiger partial charge < -0.3 is 5.32 Å². The van der Waals surface area contributed by atoms with Crippen molar-refractivity contribution in [3.05, 3.63) is 36.0 Å². The Morgan fingerprint density at radius 3 is 2.83 bits per heavy atom. The van der Waals surface area contributed by atoms with E-state index in [9.17, 15) is 0 Å². The molecule has 1 aromatic heterocycles. The molecule has 0 aliphatic carbocycles. The maximum atomic E-state index is 4.77. The van der Waals surface area contributed by atoms with Crippen LogP contribution in [0.5, 0.6) is 0 Å². The van der Waals surface area contributed by atoms with E-state index < -0.39 is 0 Å². The van der Waals surface area contributed by atoms with Crippen molar-refractivity contribution in [1.82, 2.24) is 9.55 Å². The van der Waals surface area contributed by atoms with E-state index in [4.69, 9.17) is 4.98 Å². The van der Waals surface area contributed by atoms with E-state index in [1.54, 1.807) is 11.8 Å². The number of benzene rings is 1. The summed E-state index contributed by atoms with van der Waals surface area (Å²) in [6, 6.07) is 10.5. The number of nitrogens with zero attached hydrogens (tertiary/aromatic N) is 2. The highest BCUT2D eigenvalue weighted by molar-refractivity contribution is 7.98. The number of anilines is 1. The second-order valence-corrected chi connectivity index (χ2v) is 5.22. The monoisotopic (exact) mass is 259 g/mol. The van der Waals surface area contributed by atoms with Crippen LogP contribution >= 0.6 is 11.8 Å². The van der Waals surface area contributed by atoms with Crippen LogP contribution in [0.25, 0.3) is 5.69 Å². The minimum atomic E-state index is 1.04. The lowest BCUT2D eigenvalue weighted by molar-refractivity contribution is 0.761. The third-order valence-electron chi connectivity index (χ3n) is 3.25. The molecule has 1 N–H and O–H groups in total. The lowest BCUT2D eigenvalue weighted by atomic mass is 10.2. The molecule has 0 atom stereocenters. The van der Waals surface area contributed by atoms with Gasteiger partial charge in [-0.1, -0.05) is 30.0 Å². The molecular formula is C14H17N3S. The second kappa shape index (κ2) is 5.06. The number of rotatable bonds is 2. The van der Waals surface area contributed by atoms with Crippen molar-refractivity contribution < 1.29 is 0 Å². The van der Waals surface area contributed by atoms with Crippen LogP contribution in [0, 0.1) is 0 Å². The van der Waals surface area contributed by atoms with Crippen molar-refractivity contribution in [1.29, 1.82) is 0 Å². The molecule has 3 rings (SSSR count). The van der Waals surface area contributed by atoms with Gasteiger partial charge in [0, 0.05) is 12.2 Å². The number of para-hydroxylation sites is 1. The van der Waals surface area contributed by atoms with Gasteiger partial charge in [0.25, 0.3) is 0 Å². The van der Waals surface area contributed by atoms with Crippen LogP contribution in [0.2, 0.25) is 0 Å². The topological polar surface area (TPSA) is 29.9 Å². The first kappa shape index (κ1) is 11.7. The van der Waals surface area contributed by atoms with Gasteiger partial charge >= 0.3 is 0 Å². The molecule has 18 heavy (non-hydrogen) atoms. The van der Waals surface area contributed by atoms with E-state index in [-0.39, 0.29) is 0 Å². The molecule has 0 saturated heterocycles. The van der Waals surface area contributed by atoms with Crippen LogP contribution in [-0.2, 0) is 6.42 Å². The highest BCUT2D eigenvalue weighted by atomic mass is 32.2. The van der Waals surface area contributed by atoms with Crippen LogP contribution < -0.4 is 5.32 Å².